The third kappa shape index (κ3) is 5.25. The van der Waals surface area contributed by atoms with E-state index in [-0.39, 0.29) is 5.54 Å². The average molecular weight is 268 g/mol. The number of hydrogen-bond donors (Lipinski definition) is 1. The summed E-state index contributed by atoms with van der Waals surface area (Å²) in [5.41, 5.74) is 0.195. The highest BCUT2D eigenvalue weighted by Crippen LogP contribution is 2.24. The maximum absolute atomic E-state index is 5.48. The molecule has 0 spiro atoms. The van der Waals surface area contributed by atoms with E-state index in [1.165, 1.54) is 19.3 Å². The molecule has 0 aromatic carbocycles. The average Bonchev–Trinajstić information content (AvgIpc) is 2.43. The number of hydrogen-bond acceptors (Lipinski definition) is 3. The van der Waals surface area contributed by atoms with Crippen LogP contribution in [0.2, 0.25) is 0 Å². The Balaban J connectivity index is 2.59. The molecular formula is C16H32N2O. The quantitative estimate of drug-likeness (QED) is 0.514. The van der Waals surface area contributed by atoms with E-state index in [1.807, 2.05) is 6.08 Å². The third-order valence-electron chi connectivity index (χ3n) is 4.22. The molecule has 19 heavy (non-hydrogen) atoms. The van der Waals surface area contributed by atoms with Crippen LogP contribution in [0.15, 0.2) is 12.7 Å². The molecule has 3 heteroatoms. The van der Waals surface area contributed by atoms with Crippen molar-refractivity contribution in [1.29, 1.82) is 0 Å². The van der Waals surface area contributed by atoms with Gasteiger partial charge in [0.2, 0.25) is 0 Å². The molecule has 1 N–H and O–H groups in total. The highest BCUT2D eigenvalue weighted by Gasteiger charge is 2.35. The molecule has 0 aromatic heterocycles. The van der Waals surface area contributed by atoms with Crippen molar-refractivity contribution in [3.8, 4) is 0 Å². The molecule has 1 unspecified atom stereocenters. The molecule has 0 radical (unpaired) electrons. The number of ether oxygens (including phenoxy) is 1. The van der Waals surface area contributed by atoms with Gasteiger partial charge in [-0.25, -0.2) is 0 Å². The second-order valence-electron chi connectivity index (χ2n) is 5.98. The Morgan fingerprint density at radius 2 is 2.05 bits per heavy atom. The van der Waals surface area contributed by atoms with Gasteiger partial charge in [0.1, 0.15) is 0 Å². The van der Waals surface area contributed by atoms with Gasteiger partial charge in [-0.3, -0.25) is 4.90 Å². The molecule has 0 saturated carbocycles. The minimum atomic E-state index is 0.195. The van der Waals surface area contributed by atoms with Crippen molar-refractivity contribution >= 4 is 0 Å². The molecule has 0 amide bonds. The second kappa shape index (κ2) is 8.72. The Bertz CT molecular complexity index is 247. The van der Waals surface area contributed by atoms with Gasteiger partial charge in [-0.2, -0.15) is 0 Å². The van der Waals surface area contributed by atoms with Crippen molar-refractivity contribution in [1.82, 2.24) is 10.2 Å². The van der Waals surface area contributed by atoms with Crippen LogP contribution in [-0.4, -0.2) is 49.3 Å². The lowest BCUT2D eigenvalue weighted by atomic mass is 9.88. The Morgan fingerprint density at radius 1 is 1.37 bits per heavy atom. The molecular weight excluding hydrogens is 236 g/mol. The van der Waals surface area contributed by atoms with Crippen molar-refractivity contribution in [2.45, 2.75) is 58.0 Å². The van der Waals surface area contributed by atoms with Crippen LogP contribution in [-0.2, 0) is 4.74 Å². The standard InChI is InChI=1S/C16H32N2O/c1-5-7-8-9-15(17-10-6-2)16(3,4)18-11-13-19-14-12-18/h5,15,17H,1,6-14H2,2-4H3. The molecule has 112 valence electrons. The fraction of sp³-hybridized carbons (Fsp3) is 0.875. The highest BCUT2D eigenvalue weighted by molar-refractivity contribution is 4.94. The molecule has 1 saturated heterocycles. The van der Waals surface area contributed by atoms with Crippen LogP contribution >= 0.6 is 0 Å². The number of nitrogens with one attached hydrogen (secondary N) is 1. The number of nitrogens with zero attached hydrogens (tertiary/aromatic N) is 1. The van der Waals surface area contributed by atoms with Crippen LogP contribution < -0.4 is 5.32 Å². The zero-order valence-corrected chi connectivity index (χ0v) is 13.1. The van der Waals surface area contributed by atoms with Crippen LogP contribution in [0.25, 0.3) is 0 Å². The van der Waals surface area contributed by atoms with Crippen LogP contribution in [0.1, 0.15) is 46.5 Å². The molecule has 1 fully saturated rings. The summed E-state index contributed by atoms with van der Waals surface area (Å²) in [4.78, 5) is 2.58. The summed E-state index contributed by atoms with van der Waals surface area (Å²) in [6.07, 6.45) is 6.77. The van der Waals surface area contributed by atoms with Gasteiger partial charge in [0.15, 0.2) is 0 Å². The van der Waals surface area contributed by atoms with E-state index in [1.54, 1.807) is 0 Å². The summed E-state index contributed by atoms with van der Waals surface area (Å²) in [7, 11) is 0. The number of unbranched alkanes of at least 4 members (excludes halogenated alkanes) is 1. The van der Waals surface area contributed by atoms with Crippen LogP contribution in [0.5, 0.6) is 0 Å². The van der Waals surface area contributed by atoms with Gasteiger partial charge in [-0.15, -0.1) is 6.58 Å². The summed E-state index contributed by atoms with van der Waals surface area (Å²) in [6.45, 7) is 15.8. The zero-order chi connectivity index (χ0) is 14.1. The van der Waals surface area contributed by atoms with Crippen LogP contribution in [0.3, 0.4) is 0 Å². The van der Waals surface area contributed by atoms with Gasteiger partial charge in [0.05, 0.1) is 13.2 Å². The summed E-state index contributed by atoms with van der Waals surface area (Å²) < 4.78 is 5.48. The maximum Gasteiger partial charge on any atom is 0.0594 e. The van der Waals surface area contributed by atoms with Gasteiger partial charge >= 0.3 is 0 Å². The molecule has 1 heterocycles. The fourth-order valence-electron chi connectivity index (χ4n) is 2.85. The molecule has 0 aliphatic carbocycles. The van der Waals surface area contributed by atoms with Crippen molar-refractivity contribution < 1.29 is 4.74 Å². The summed E-state index contributed by atoms with van der Waals surface area (Å²) in [6, 6.07) is 0.547. The number of rotatable bonds is 9. The zero-order valence-electron chi connectivity index (χ0n) is 13.1. The van der Waals surface area contributed by atoms with E-state index >= 15 is 0 Å². The molecule has 0 bridgehead atoms. The summed E-state index contributed by atoms with van der Waals surface area (Å²) >= 11 is 0. The van der Waals surface area contributed by atoms with Gasteiger partial charge in [0.25, 0.3) is 0 Å². The first-order chi connectivity index (χ1) is 9.12. The van der Waals surface area contributed by atoms with Gasteiger partial charge in [-0.1, -0.05) is 13.0 Å². The lowest BCUT2D eigenvalue weighted by Gasteiger charge is -2.46. The molecule has 1 aliphatic rings. The number of allylic oxidation sites excluding steroid dienone is 1. The van der Waals surface area contributed by atoms with Crippen LogP contribution in [0, 0.1) is 0 Å². The van der Waals surface area contributed by atoms with E-state index in [0.717, 1.165) is 39.3 Å². The Hall–Kier alpha value is -0.380. The van der Waals surface area contributed by atoms with Crippen molar-refractivity contribution in [2.75, 3.05) is 32.8 Å². The second-order valence-corrected chi connectivity index (χ2v) is 5.98. The Kier molecular flexibility index (Phi) is 7.66. The van der Waals surface area contributed by atoms with E-state index < -0.39 is 0 Å². The summed E-state index contributed by atoms with van der Waals surface area (Å²) in [5.74, 6) is 0. The lowest BCUT2D eigenvalue weighted by molar-refractivity contribution is -0.0245. The first-order valence-electron chi connectivity index (χ1n) is 7.80. The minimum Gasteiger partial charge on any atom is -0.379 e. The molecule has 1 aliphatic heterocycles. The largest absolute Gasteiger partial charge is 0.379 e. The summed E-state index contributed by atoms with van der Waals surface area (Å²) in [5, 5.41) is 3.75. The third-order valence-corrected chi connectivity index (χ3v) is 4.22. The highest BCUT2D eigenvalue weighted by atomic mass is 16.5. The van der Waals surface area contributed by atoms with Gasteiger partial charge in [0, 0.05) is 24.7 Å². The van der Waals surface area contributed by atoms with E-state index in [4.69, 9.17) is 4.74 Å². The van der Waals surface area contributed by atoms with Gasteiger partial charge < -0.3 is 10.1 Å². The molecule has 3 nitrogen and oxygen atoms in total. The topological polar surface area (TPSA) is 24.5 Å². The minimum absolute atomic E-state index is 0.195. The predicted octanol–water partition coefficient (Wildman–Crippen LogP) is 2.82. The molecule has 1 atom stereocenters. The van der Waals surface area contributed by atoms with E-state index in [0.29, 0.717) is 6.04 Å². The fourth-order valence-corrected chi connectivity index (χ4v) is 2.85. The molecule has 1 rings (SSSR count). The normalized spacial score (nSPS) is 19.3. The van der Waals surface area contributed by atoms with Crippen molar-refractivity contribution in [3.63, 3.8) is 0 Å². The van der Waals surface area contributed by atoms with Crippen molar-refractivity contribution in [2.24, 2.45) is 0 Å². The molecule has 0 aromatic rings. The Morgan fingerprint density at radius 3 is 2.63 bits per heavy atom. The first-order valence-corrected chi connectivity index (χ1v) is 7.80. The SMILES string of the molecule is C=CCCCC(NCCC)C(C)(C)N1CCOCC1. The van der Waals surface area contributed by atoms with Gasteiger partial charge in [-0.05, 0) is 46.1 Å². The van der Waals surface area contributed by atoms with Crippen LogP contribution in [0.4, 0.5) is 0 Å². The number of morpholine rings is 1. The van der Waals surface area contributed by atoms with E-state index in [9.17, 15) is 0 Å². The van der Waals surface area contributed by atoms with Crippen molar-refractivity contribution in [3.05, 3.63) is 12.7 Å². The predicted molar refractivity (Wildman–Crippen MR) is 82.6 cm³/mol. The smallest absolute Gasteiger partial charge is 0.0594 e. The Labute approximate surface area is 119 Å². The first kappa shape index (κ1) is 16.7. The maximum atomic E-state index is 5.48. The lowest BCUT2D eigenvalue weighted by Crippen LogP contribution is -2.60. The monoisotopic (exact) mass is 268 g/mol. The van der Waals surface area contributed by atoms with E-state index in [2.05, 4.69) is 37.6 Å².